The predicted octanol–water partition coefficient (Wildman–Crippen LogP) is 1.11. The van der Waals surface area contributed by atoms with Gasteiger partial charge in [0.25, 0.3) is 0 Å². The Morgan fingerprint density at radius 2 is 2.09 bits per heavy atom. The number of sulfonamides is 1. The summed E-state index contributed by atoms with van der Waals surface area (Å²) in [5, 5.41) is 0. The molecule has 0 spiro atoms. The van der Waals surface area contributed by atoms with Crippen LogP contribution < -0.4 is 5.49 Å². The third kappa shape index (κ3) is 4.04. The topological polar surface area (TPSA) is 71.7 Å². The highest BCUT2D eigenvalue weighted by atomic mass is 32.2. The normalized spacial score (nSPS) is 21.3. The summed E-state index contributed by atoms with van der Waals surface area (Å²) in [4.78, 5) is 17.2. The molecule has 122 valence electrons. The van der Waals surface area contributed by atoms with Gasteiger partial charge in [-0.3, -0.25) is 14.4 Å². The molecule has 0 N–H and O–H groups in total. The van der Waals surface area contributed by atoms with Crippen molar-refractivity contribution in [1.29, 1.82) is 0 Å². The highest BCUT2D eigenvalue weighted by Gasteiger charge is 2.30. The highest BCUT2D eigenvalue weighted by Crippen LogP contribution is 2.19. The van der Waals surface area contributed by atoms with Crippen molar-refractivity contribution in [3.05, 3.63) is 29.9 Å². The van der Waals surface area contributed by atoms with Crippen molar-refractivity contribution in [3.63, 3.8) is 0 Å². The van der Waals surface area contributed by atoms with Gasteiger partial charge >= 0.3 is 0 Å². The van der Waals surface area contributed by atoms with E-state index < -0.39 is 10.0 Å². The van der Waals surface area contributed by atoms with Gasteiger partial charge in [-0.1, -0.05) is 6.07 Å². The lowest BCUT2D eigenvalue weighted by atomic mass is 9.98. The van der Waals surface area contributed by atoms with Crippen LogP contribution in [0.4, 0.5) is 0 Å². The Morgan fingerprint density at radius 3 is 2.73 bits per heavy atom. The molecule has 6 nitrogen and oxygen atoms in total. The summed E-state index contributed by atoms with van der Waals surface area (Å²) >= 11 is 0. The molecule has 7 heteroatoms. The van der Waals surface area contributed by atoms with Crippen molar-refractivity contribution in [3.8, 4) is 0 Å². The summed E-state index contributed by atoms with van der Waals surface area (Å²) in [7, 11) is -3.26. The lowest BCUT2D eigenvalue weighted by Gasteiger charge is -2.30. The van der Waals surface area contributed by atoms with E-state index in [0.717, 1.165) is 0 Å². The van der Waals surface area contributed by atoms with Crippen molar-refractivity contribution in [1.82, 2.24) is 8.87 Å². The van der Waals surface area contributed by atoms with Gasteiger partial charge in [-0.25, -0.2) is 12.7 Å². The first-order valence-electron chi connectivity index (χ1n) is 7.50. The molecule has 1 fully saturated rings. The summed E-state index contributed by atoms with van der Waals surface area (Å²) in [5.74, 6) is -0.412. The van der Waals surface area contributed by atoms with Gasteiger partial charge in [0.1, 0.15) is 5.49 Å². The molecule has 1 aromatic heterocycles. The molecule has 0 bridgehead atoms. The first kappa shape index (κ1) is 16.9. The van der Waals surface area contributed by atoms with Gasteiger partial charge in [0.05, 0.1) is 12.2 Å². The lowest BCUT2D eigenvalue weighted by molar-refractivity contribution is 0.0778. The molecule has 0 amide bonds. The minimum absolute atomic E-state index is 0.0836. The summed E-state index contributed by atoms with van der Waals surface area (Å²) in [6, 6.07) is 5.51. The zero-order valence-corrected chi connectivity index (χ0v) is 14.1. The first-order valence-corrected chi connectivity index (χ1v) is 9.34. The summed E-state index contributed by atoms with van der Waals surface area (Å²) in [6.07, 6.45) is 4.29. The van der Waals surface area contributed by atoms with E-state index in [-0.39, 0.29) is 24.4 Å². The quantitative estimate of drug-likeness (QED) is 0.836. The SMILES string of the molecule is CC(C)N=c1ccccn1C(=O)C1CCCN(S(C)(=O)=O)C1. The summed E-state index contributed by atoms with van der Waals surface area (Å²) < 4.78 is 26.3. The van der Waals surface area contributed by atoms with Crippen molar-refractivity contribution in [2.75, 3.05) is 19.3 Å². The van der Waals surface area contributed by atoms with E-state index in [4.69, 9.17) is 0 Å². The van der Waals surface area contributed by atoms with E-state index in [2.05, 4.69) is 4.99 Å². The van der Waals surface area contributed by atoms with Crippen LogP contribution in [-0.2, 0) is 10.0 Å². The smallest absolute Gasteiger partial charge is 0.236 e. The van der Waals surface area contributed by atoms with Gasteiger partial charge in [-0.05, 0) is 38.8 Å². The number of aromatic nitrogens is 1. The van der Waals surface area contributed by atoms with Gasteiger partial charge in [0.15, 0.2) is 0 Å². The Kier molecular flexibility index (Phi) is 5.18. The molecule has 1 aliphatic rings. The maximum absolute atomic E-state index is 12.8. The molecule has 0 saturated carbocycles. The van der Waals surface area contributed by atoms with E-state index in [1.54, 1.807) is 18.3 Å². The number of piperidine rings is 1. The molecule has 1 saturated heterocycles. The highest BCUT2D eigenvalue weighted by molar-refractivity contribution is 7.88. The van der Waals surface area contributed by atoms with Crippen LogP contribution in [0.2, 0.25) is 0 Å². The second kappa shape index (κ2) is 6.75. The number of nitrogens with zero attached hydrogens (tertiary/aromatic N) is 3. The van der Waals surface area contributed by atoms with Gasteiger partial charge in [0, 0.05) is 25.3 Å². The molecular formula is C15H23N3O3S. The van der Waals surface area contributed by atoms with E-state index in [9.17, 15) is 13.2 Å². The van der Waals surface area contributed by atoms with Crippen LogP contribution in [0.15, 0.2) is 29.4 Å². The molecule has 22 heavy (non-hydrogen) atoms. The lowest BCUT2D eigenvalue weighted by Crippen LogP contribution is -2.44. The molecule has 0 aliphatic carbocycles. The minimum Gasteiger partial charge on any atom is -0.274 e. The first-order chi connectivity index (χ1) is 10.3. The summed E-state index contributed by atoms with van der Waals surface area (Å²) in [6.45, 7) is 4.65. The Balaban J connectivity index is 2.29. The van der Waals surface area contributed by atoms with E-state index in [1.807, 2.05) is 19.9 Å². The van der Waals surface area contributed by atoms with Gasteiger partial charge in [0.2, 0.25) is 15.9 Å². The number of carbonyl (C=O) groups excluding carboxylic acids is 1. The number of hydrogen-bond acceptors (Lipinski definition) is 4. The van der Waals surface area contributed by atoms with E-state index >= 15 is 0 Å². The van der Waals surface area contributed by atoms with Crippen LogP contribution in [0.5, 0.6) is 0 Å². The van der Waals surface area contributed by atoms with Crippen molar-refractivity contribution >= 4 is 15.9 Å². The Labute approximate surface area is 131 Å². The Hall–Kier alpha value is -1.47. The van der Waals surface area contributed by atoms with Crippen molar-refractivity contribution in [2.45, 2.75) is 32.7 Å². The number of pyridine rings is 1. The van der Waals surface area contributed by atoms with Crippen molar-refractivity contribution < 1.29 is 13.2 Å². The molecule has 1 atom stereocenters. The molecule has 2 heterocycles. The van der Waals surface area contributed by atoms with Crippen LogP contribution in [0.3, 0.4) is 0 Å². The second-order valence-corrected chi connectivity index (χ2v) is 7.93. The van der Waals surface area contributed by atoms with Crippen LogP contribution in [0, 0.1) is 5.92 Å². The number of hydrogen-bond donors (Lipinski definition) is 0. The Morgan fingerprint density at radius 1 is 1.36 bits per heavy atom. The van der Waals surface area contributed by atoms with E-state index in [1.165, 1.54) is 15.1 Å². The van der Waals surface area contributed by atoms with Crippen LogP contribution in [0.25, 0.3) is 0 Å². The van der Waals surface area contributed by atoms with Crippen LogP contribution in [0.1, 0.15) is 31.5 Å². The maximum Gasteiger partial charge on any atom is 0.236 e. The fourth-order valence-electron chi connectivity index (χ4n) is 2.63. The average molecular weight is 325 g/mol. The molecule has 1 unspecified atom stereocenters. The largest absolute Gasteiger partial charge is 0.274 e. The van der Waals surface area contributed by atoms with Crippen LogP contribution in [-0.4, -0.2) is 48.6 Å². The minimum atomic E-state index is -3.26. The Bertz CT molecular complexity index is 707. The van der Waals surface area contributed by atoms with Gasteiger partial charge in [-0.2, -0.15) is 0 Å². The van der Waals surface area contributed by atoms with E-state index in [0.29, 0.717) is 24.9 Å². The zero-order valence-electron chi connectivity index (χ0n) is 13.3. The molecule has 1 aliphatic heterocycles. The molecule has 0 aromatic carbocycles. The van der Waals surface area contributed by atoms with Crippen LogP contribution >= 0.6 is 0 Å². The monoisotopic (exact) mass is 325 g/mol. The van der Waals surface area contributed by atoms with Crippen molar-refractivity contribution in [2.24, 2.45) is 10.9 Å². The number of rotatable bonds is 3. The molecule has 0 radical (unpaired) electrons. The molecule has 1 aromatic rings. The maximum atomic E-state index is 12.8. The molecular weight excluding hydrogens is 302 g/mol. The van der Waals surface area contributed by atoms with Gasteiger partial charge in [-0.15, -0.1) is 0 Å². The summed E-state index contributed by atoms with van der Waals surface area (Å²) in [5.41, 5.74) is 0.610. The molecule has 2 rings (SSSR count). The standard InChI is InChI=1S/C15H23N3O3S/c1-12(2)16-14-8-4-5-10-18(14)15(19)13-7-6-9-17(11-13)22(3,20)21/h4-5,8,10,12-13H,6-7,9,11H2,1-3H3. The fourth-order valence-corrected chi connectivity index (χ4v) is 3.54. The number of carbonyl (C=O) groups is 1. The van der Waals surface area contributed by atoms with Gasteiger partial charge < -0.3 is 0 Å². The predicted molar refractivity (Wildman–Crippen MR) is 84.9 cm³/mol. The second-order valence-electron chi connectivity index (χ2n) is 5.95. The zero-order chi connectivity index (χ0) is 16.3. The third-order valence-electron chi connectivity index (χ3n) is 3.67. The fraction of sp³-hybridized carbons (Fsp3) is 0.600. The third-order valence-corrected chi connectivity index (χ3v) is 4.94. The average Bonchev–Trinajstić information content (AvgIpc) is 2.46.